The Balaban J connectivity index is 1.96. The van der Waals surface area contributed by atoms with Gasteiger partial charge in [0, 0.05) is 6.54 Å². The molecular formula is C12H21N5O2. The molecule has 2 rings (SSSR count). The number of rotatable bonds is 4. The maximum Gasteiger partial charge on any atom is 0.322 e. The van der Waals surface area contributed by atoms with Crippen LogP contribution in [-0.2, 0) is 0 Å². The van der Waals surface area contributed by atoms with Gasteiger partial charge in [0.05, 0.1) is 12.7 Å². The zero-order chi connectivity index (χ0) is 13.9. The number of nitrogens with two attached hydrogens (primary N) is 1. The van der Waals surface area contributed by atoms with Crippen LogP contribution in [0.3, 0.4) is 0 Å². The first-order chi connectivity index (χ1) is 9.00. The van der Waals surface area contributed by atoms with Gasteiger partial charge in [-0.05, 0) is 31.6 Å². The summed E-state index contributed by atoms with van der Waals surface area (Å²) in [5, 5.41) is 13.5. The molecule has 1 aromatic heterocycles. The van der Waals surface area contributed by atoms with Crippen molar-refractivity contribution in [3.05, 3.63) is 0 Å². The van der Waals surface area contributed by atoms with Gasteiger partial charge in [0.1, 0.15) is 0 Å². The van der Waals surface area contributed by atoms with E-state index in [1.165, 1.54) is 7.11 Å². The molecule has 7 nitrogen and oxygen atoms in total. The Hall–Kier alpha value is -1.63. The number of nitrogens with one attached hydrogen (secondary N) is 1. The van der Waals surface area contributed by atoms with Gasteiger partial charge < -0.3 is 20.9 Å². The topological polar surface area (TPSA) is 106 Å². The number of hydrogen-bond donors (Lipinski definition) is 3. The van der Waals surface area contributed by atoms with Crippen LogP contribution in [0.25, 0.3) is 0 Å². The zero-order valence-corrected chi connectivity index (χ0v) is 11.4. The monoisotopic (exact) mass is 267 g/mol. The first-order valence-electron chi connectivity index (χ1n) is 6.52. The third-order valence-corrected chi connectivity index (χ3v) is 3.60. The van der Waals surface area contributed by atoms with Gasteiger partial charge in [0.25, 0.3) is 0 Å². The highest BCUT2D eigenvalue weighted by Gasteiger charge is 2.31. The van der Waals surface area contributed by atoms with E-state index in [1.54, 1.807) is 0 Å². The van der Waals surface area contributed by atoms with Crippen molar-refractivity contribution >= 4 is 11.9 Å². The van der Waals surface area contributed by atoms with Crippen LogP contribution in [0.2, 0.25) is 0 Å². The lowest BCUT2D eigenvalue weighted by Crippen LogP contribution is -2.40. The van der Waals surface area contributed by atoms with Gasteiger partial charge in [-0.3, -0.25) is 0 Å². The molecule has 106 valence electrons. The Kier molecular flexibility index (Phi) is 4.04. The van der Waals surface area contributed by atoms with E-state index in [9.17, 15) is 5.11 Å². The third kappa shape index (κ3) is 3.66. The van der Waals surface area contributed by atoms with Crippen molar-refractivity contribution in [3.8, 4) is 6.01 Å². The lowest BCUT2D eigenvalue weighted by Gasteiger charge is -2.34. The second kappa shape index (κ2) is 5.56. The van der Waals surface area contributed by atoms with E-state index in [4.69, 9.17) is 10.5 Å². The summed E-state index contributed by atoms with van der Waals surface area (Å²) in [6.45, 7) is 2.62. The molecule has 0 aliphatic heterocycles. The number of hydrogen-bond acceptors (Lipinski definition) is 7. The minimum atomic E-state index is -0.693. The quantitative estimate of drug-likeness (QED) is 0.741. The average molecular weight is 267 g/mol. The fraction of sp³-hybridized carbons (Fsp3) is 0.750. The number of nitrogens with zero attached hydrogens (tertiary/aromatic N) is 3. The van der Waals surface area contributed by atoms with Crippen LogP contribution in [0, 0.1) is 5.92 Å². The highest BCUT2D eigenvalue weighted by molar-refractivity contribution is 5.33. The van der Waals surface area contributed by atoms with Crippen LogP contribution in [0.1, 0.15) is 32.6 Å². The van der Waals surface area contributed by atoms with E-state index in [0.29, 0.717) is 18.4 Å². The molecule has 1 fully saturated rings. The predicted octanol–water partition coefficient (Wildman–Crippen LogP) is 0.815. The van der Waals surface area contributed by atoms with Crippen LogP contribution in [0.5, 0.6) is 6.01 Å². The molecule has 1 aromatic rings. The lowest BCUT2D eigenvalue weighted by atomic mass is 9.79. The molecule has 0 radical (unpaired) electrons. The van der Waals surface area contributed by atoms with Gasteiger partial charge in [-0.25, -0.2) is 0 Å². The average Bonchev–Trinajstić information content (AvgIpc) is 2.40. The summed E-state index contributed by atoms with van der Waals surface area (Å²) >= 11 is 0. The van der Waals surface area contributed by atoms with Gasteiger partial charge in [-0.15, -0.1) is 0 Å². The van der Waals surface area contributed by atoms with Gasteiger partial charge in [0.2, 0.25) is 11.9 Å². The number of anilines is 2. The van der Waals surface area contributed by atoms with Gasteiger partial charge in [-0.1, -0.05) is 6.92 Å². The van der Waals surface area contributed by atoms with E-state index in [-0.39, 0.29) is 12.0 Å². The Labute approximate surface area is 112 Å². The minimum absolute atomic E-state index is 0.0959. The molecule has 4 N–H and O–H groups in total. The van der Waals surface area contributed by atoms with Crippen molar-refractivity contribution in [1.29, 1.82) is 0 Å². The first-order valence-corrected chi connectivity index (χ1v) is 6.52. The molecule has 0 aromatic carbocycles. The van der Waals surface area contributed by atoms with Crippen LogP contribution in [-0.4, -0.2) is 39.3 Å². The Bertz CT molecular complexity index is 432. The molecule has 0 spiro atoms. The van der Waals surface area contributed by atoms with E-state index in [2.05, 4.69) is 27.2 Å². The standard InChI is InChI=1S/C12H21N5O2/c1-8-3-5-12(18,6-4-8)7-14-10-15-9(13)16-11(17-10)19-2/h8,18H,3-7H2,1-2H3,(H3,13,14,15,16,17). The molecule has 1 aliphatic rings. The number of aliphatic hydroxyl groups is 1. The van der Waals surface area contributed by atoms with E-state index >= 15 is 0 Å². The summed E-state index contributed by atoms with van der Waals surface area (Å²) in [7, 11) is 1.47. The molecule has 7 heteroatoms. The molecule has 0 bridgehead atoms. The third-order valence-electron chi connectivity index (χ3n) is 3.60. The SMILES string of the molecule is COc1nc(N)nc(NCC2(O)CCC(C)CC2)n1. The maximum atomic E-state index is 10.4. The van der Waals surface area contributed by atoms with Crippen molar-refractivity contribution in [1.82, 2.24) is 15.0 Å². The van der Waals surface area contributed by atoms with Crippen LogP contribution < -0.4 is 15.8 Å². The van der Waals surface area contributed by atoms with Crippen LogP contribution in [0.4, 0.5) is 11.9 Å². The number of nitrogen functional groups attached to an aromatic ring is 1. The van der Waals surface area contributed by atoms with Crippen molar-refractivity contribution in [3.63, 3.8) is 0 Å². The summed E-state index contributed by atoms with van der Waals surface area (Å²) in [6, 6.07) is 0.166. The predicted molar refractivity (Wildman–Crippen MR) is 71.9 cm³/mol. The smallest absolute Gasteiger partial charge is 0.322 e. The largest absolute Gasteiger partial charge is 0.467 e. The van der Waals surface area contributed by atoms with E-state index in [1.807, 2.05) is 0 Å². The van der Waals surface area contributed by atoms with Crippen molar-refractivity contribution in [2.24, 2.45) is 5.92 Å². The van der Waals surface area contributed by atoms with E-state index < -0.39 is 5.60 Å². The summed E-state index contributed by atoms with van der Waals surface area (Å²) in [5.74, 6) is 1.11. The second-order valence-corrected chi connectivity index (χ2v) is 5.26. The highest BCUT2D eigenvalue weighted by atomic mass is 16.5. The van der Waals surface area contributed by atoms with Gasteiger partial charge in [0.15, 0.2) is 0 Å². The van der Waals surface area contributed by atoms with Crippen LogP contribution in [0.15, 0.2) is 0 Å². The number of aromatic nitrogens is 3. The second-order valence-electron chi connectivity index (χ2n) is 5.26. The summed E-state index contributed by atoms with van der Waals surface area (Å²) < 4.78 is 4.92. The molecule has 0 atom stereocenters. The molecule has 19 heavy (non-hydrogen) atoms. The molecular weight excluding hydrogens is 246 g/mol. The fourth-order valence-corrected chi connectivity index (χ4v) is 2.26. The Morgan fingerprint density at radius 3 is 2.68 bits per heavy atom. The normalized spacial score (nSPS) is 27.0. The minimum Gasteiger partial charge on any atom is -0.467 e. The molecule has 1 saturated carbocycles. The molecule has 0 amide bonds. The van der Waals surface area contributed by atoms with Gasteiger partial charge in [-0.2, -0.15) is 15.0 Å². The first kappa shape index (κ1) is 13.8. The van der Waals surface area contributed by atoms with Crippen LogP contribution >= 0.6 is 0 Å². The summed E-state index contributed by atoms with van der Waals surface area (Å²) in [4.78, 5) is 11.8. The molecule has 0 unspecified atom stereocenters. The maximum absolute atomic E-state index is 10.4. The fourth-order valence-electron chi connectivity index (χ4n) is 2.26. The Morgan fingerprint density at radius 1 is 1.37 bits per heavy atom. The van der Waals surface area contributed by atoms with Crippen molar-refractivity contribution in [2.75, 3.05) is 24.7 Å². The van der Waals surface area contributed by atoms with Crippen molar-refractivity contribution in [2.45, 2.75) is 38.2 Å². The van der Waals surface area contributed by atoms with Gasteiger partial charge >= 0.3 is 6.01 Å². The Morgan fingerprint density at radius 2 is 2.05 bits per heavy atom. The molecule has 0 saturated heterocycles. The summed E-state index contributed by atoms with van der Waals surface area (Å²) in [5.41, 5.74) is 4.86. The number of methoxy groups -OCH3 is 1. The zero-order valence-electron chi connectivity index (χ0n) is 11.4. The van der Waals surface area contributed by atoms with Crippen molar-refractivity contribution < 1.29 is 9.84 Å². The van der Waals surface area contributed by atoms with E-state index in [0.717, 1.165) is 25.7 Å². The molecule has 1 aliphatic carbocycles. The highest BCUT2D eigenvalue weighted by Crippen LogP contribution is 2.31. The summed E-state index contributed by atoms with van der Waals surface area (Å²) in [6.07, 6.45) is 3.67. The molecule has 1 heterocycles. The number of ether oxygens (including phenoxy) is 1. The lowest BCUT2D eigenvalue weighted by molar-refractivity contribution is 0.00486.